The van der Waals surface area contributed by atoms with Crippen molar-refractivity contribution in [2.75, 3.05) is 0 Å². The summed E-state index contributed by atoms with van der Waals surface area (Å²) < 4.78 is 6.65. The van der Waals surface area contributed by atoms with Crippen molar-refractivity contribution in [3.63, 3.8) is 0 Å². The minimum atomic E-state index is -0.598. The maximum Gasteiger partial charge on any atom is 0.326 e. The predicted octanol–water partition coefficient (Wildman–Crippen LogP) is 2.76. The van der Waals surface area contributed by atoms with E-state index in [4.69, 9.17) is 4.74 Å². The molecule has 1 aliphatic rings. The lowest BCUT2D eigenvalue weighted by Gasteiger charge is -2.36. The summed E-state index contributed by atoms with van der Waals surface area (Å²) in [5.41, 5.74) is -0.691. The molecule has 24 heavy (non-hydrogen) atoms. The van der Waals surface area contributed by atoms with Gasteiger partial charge in [0, 0.05) is 12.1 Å². The van der Waals surface area contributed by atoms with Crippen molar-refractivity contribution in [2.24, 2.45) is 17.8 Å². The van der Waals surface area contributed by atoms with E-state index in [9.17, 15) is 19.7 Å². The average molecular weight is 336 g/mol. The summed E-state index contributed by atoms with van der Waals surface area (Å²) in [6.07, 6.45) is 3.89. The van der Waals surface area contributed by atoms with E-state index in [2.05, 4.69) is 20.8 Å². The molecule has 1 fully saturated rings. The van der Waals surface area contributed by atoms with E-state index < -0.39 is 16.5 Å². The fourth-order valence-electron chi connectivity index (χ4n) is 3.35. The van der Waals surface area contributed by atoms with Crippen LogP contribution in [0.4, 0.5) is 5.69 Å². The summed E-state index contributed by atoms with van der Waals surface area (Å²) in [6, 6.07) is 2.22. The Morgan fingerprint density at radius 3 is 2.75 bits per heavy atom. The highest BCUT2D eigenvalue weighted by atomic mass is 16.6. The fourth-order valence-corrected chi connectivity index (χ4v) is 3.35. The highest BCUT2D eigenvalue weighted by Crippen LogP contribution is 2.35. The Labute approximate surface area is 140 Å². The molecule has 0 saturated heterocycles. The molecule has 7 nitrogen and oxygen atoms in total. The Kier molecular flexibility index (Phi) is 5.75. The van der Waals surface area contributed by atoms with E-state index >= 15 is 0 Å². The molecule has 1 aromatic heterocycles. The molecule has 0 unspecified atom stereocenters. The maximum atomic E-state index is 12.2. The van der Waals surface area contributed by atoms with Crippen LogP contribution in [0.25, 0.3) is 0 Å². The van der Waals surface area contributed by atoms with Gasteiger partial charge in [-0.25, -0.2) is 0 Å². The van der Waals surface area contributed by atoms with Crippen molar-refractivity contribution in [1.29, 1.82) is 0 Å². The maximum absolute atomic E-state index is 12.2. The van der Waals surface area contributed by atoms with E-state index in [0.717, 1.165) is 42.2 Å². The quantitative estimate of drug-likeness (QED) is 0.468. The molecule has 1 saturated carbocycles. The van der Waals surface area contributed by atoms with Crippen molar-refractivity contribution in [3.05, 3.63) is 38.8 Å². The summed E-state index contributed by atoms with van der Waals surface area (Å²) in [5, 5.41) is 10.8. The van der Waals surface area contributed by atoms with Gasteiger partial charge in [-0.2, -0.15) is 0 Å². The first kappa shape index (κ1) is 18.2. The minimum Gasteiger partial charge on any atom is -0.461 e. The normalized spacial score (nSPS) is 23.9. The molecule has 2 rings (SSSR count). The van der Waals surface area contributed by atoms with Gasteiger partial charge in [0.05, 0.1) is 11.1 Å². The van der Waals surface area contributed by atoms with Crippen LogP contribution in [0.15, 0.2) is 23.1 Å². The molecule has 0 N–H and O–H groups in total. The summed E-state index contributed by atoms with van der Waals surface area (Å²) in [7, 11) is 0. The van der Waals surface area contributed by atoms with Crippen LogP contribution in [0.1, 0.15) is 40.0 Å². The number of nitro groups is 1. The van der Waals surface area contributed by atoms with Gasteiger partial charge in [0.15, 0.2) is 0 Å². The zero-order chi connectivity index (χ0) is 17.9. The second kappa shape index (κ2) is 7.59. The molecule has 0 amide bonds. The van der Waals surface area contributed by atoms with Gasteiger partial charge in [0.2, 0.25) is 0 Å². The van der Waals surface area contributed by atoms with Crippen LogP contribution in [0, 0.1) is 27.9 Å². The third-order valence-corrected chi connectivity index (χ3v) is 4.72. The largest absolute Gasteiger partial charge is 0.461 e. The van der Waals surface area contributed by atoms with Crippen LogP contribution < -0.4 is 5.56 Å². The highest BCUT2D eigenvalue weighted by Gasteiger charge is 2.33. The van der Waals surface area contributed by atoms with Gasteiger partial charge in [-0.1, -0.05) is 27.2 Å². The van der Waals surface area contributed by atoms with Gasteiger partial charge in [-0.3, -0.25) is 24.3 Å². The molecular weight excluding hydrogens is 312 g/mol. The first-order chi connectivity index (χ1) is 11.3. The average Bonchev–Trinajstić information content (AvgIpc) is 2.48. The summed E-state index contributed by atoms with van der Waals surface area (Å²) in [5.74, 6) is 0.698. The first-order valence-corrected chi connectivity index (χ1v) is 8.32. The van der Waals surface area contributed by atoms with Crippen molar-refractivity contribution >= 4 is 11.7 Å². The highest BCUT2D eigenvalue weighted by molar-refractivity contribution is 5.69. The van der Waals surface area contributed by atoms with Crippen LogP contribution in [0.3, 0.4) is 0 Å². The molecule has 0 aliphatic heterocycles. The Hall–Kier alpha value is -2.18. The third-order valence-electron chi connectivity index (χ3n) is 4.72. The van der Waals surface area contributed by atoms with E-state index in [-0.39, 0.29) is 18.3 Å². The summed E-state index contributed by atoms with van der Waals surface area (Å²) in [6.45, 7) is 6.07. The number of carbonyl (C=O) groups is 1. The topological polar surface area (TPSA) is 91.4 Å². The molecule has 0 radical (unpaired) electrons. The lowest BCUT2D eigenvalue weighted by molar-refractivity contribution is -0.385. The van der Waals surface area contributed by atoms with Gasteiger partial charge < -0.3 is 4.74 Å². The zero-order valence-electron chi connectivity index (χ0n) is 14.3. The van der Waals surface area contributed by atoms with Crippen LogP contribution in [-0.4, -0.2) is 21.6 Å². The molecule has 1 aromatic rings. The fraction of sp³-hybridized carbons (Fsp3) is 0.647. The number of hydrogen-bond donors (Lipinski definition) is 0. The zero-order valence-corrected chi connectivity index (χ0v) is 14.3. The van der Waals surface area contributed by atoms with Crippen molar-refractivity contribution < 1.29 is 14.5 Å². The minimum absolute atomic E-state index is 0.157. The van der Waals surface area contributed by atoms with Crippen molar-refractivity contribution in [1.82, 2.24) is 4.57 Å². The standard InChI is InChI=1S/C17H24N2O5/c1-11(2)14-6-4-12(3)8-15(14)24-17(21)10-18-9-13(19(22)23)5-7-16(18)20/h5,7,9,11-12,14-15H,4,6,8,10H2,1-3H3/t12-,14-,15+/m1/s1. The SMILES string of the molecule is CC(C)[C@H]1CC[C@@H](C)C[C@@H]1OC(=O)Cn1cc([N+](=O)[O-])ccc1=O. The molecule has 132 valence electrons. The molecule has 1 heterocycles. The lowest BCUT2D eigenvalue weighted by Crippen LogP contribution is -2.37. The second-order valence-corrected chi connectivity index (χ2v) is 6.96. The third kappa shape index (κ3) is 4.43. The van der Waals surface area contributed by atoms with Gasteiger partial charge in [0.1, 0.15) is 12.6 Å². The molecule has 3 atom stereocenters. The van der Waals surface area contributed by atoms with Crippen LogP contribution in [0.2, 0.25) is 0 Å². The van der Waals surface area contributed by atoms with Crippen molar-refractivity contribution in [3.8, 4) is 0 Å². The Morgan fingerprint density at radius 2 is 2.12 bits per heavy atom. The Morgan fingerprint density at radius 1 is 1.42 bits per heavy atom. The van der Waals surface area contributed by atoms with E-state index in [1.165, 1.54) is 0 Å². The van der Waals surface area contributed by atoms with Crippen LogP contribution >= 0.6 is 0 Å². The smallest absolute Gasteiger partial charge is 0.326 e. The first-order valence-electron chi connectivity index (χ1n) is 8.32. The lowest BCUT2D eigenvalue weighted by atomic mass is 9.75. The summed E-state index contributed by atoms with van der Waals surface area (Å²) >= 11 is 0. The van der Waals surface area contributed by atoms with Gasteiger partial charge in [-0.15, -0.1) is 0 Å². The number of carbonyl (C=O) groups excluding carboxylic acids is 1. The Balaban J connectivity index is 2.08. The molecule has 0 bridgehead atoms. The molecular formula is C17H24N2O5. The molecule has 0 spiro atoms. The number of rotatable bonds is 5. The van der Waals surface area contributed by atoms with E-state index in [1.54, 1.807) is 0 Å². The van der Waals surface area contributed by atoms with Crippen LogP contribution in [-0.2, 0) is 16.1 Å². The van der Waals surface area contributed by atoms with E-state index in [0.29, 0.717) is 17.8 Å². The molecule has 1 aliphatic carbocycles. The number of ether oxygens (including phenoxy) is 1. The monoisotopic (exact) mass is 336 g/mol. The Bertz CT molecular complexity index is 667. The van der Waals surface area contributed by atoms with Crippen LogP contribution in [0.5, 0.6) is 0 Å². The predicted molar refractivity (Wildman–Crippen MR) is 88.6 cm³/mol. The molecule has 0 aromatic carbocycles. The summed E-state index contributed by atoms with van der Waals surface area (Å²) in [4.78, 5) is 34.2. The number of pyridine rings is 1. The van der Waals surface area contributed by atoms with Gasteiger partial charge >= 0.3 is 5.97 Å². The number of nitrogens with zero attached hydrogens (tertiary/aromatic N) is 2. The number of hydrogen-bond acceptors (Lipinski definition) is 5. The number of aromatic nitrogens is 1. The second-order valence-electron chi connectivity index (χ2n) is 6.96. The van der Waals surface area contributed by atoms with Gasteiger partial charge in [-0.05, 0) is 30.6 Å². The van der Waals surface area contributed by atoms with Crippen molar-refractivity contribution in [2.45, 2.75) is 52.7 Å². The van der Waals surface area contributed by atoms with Gasteiger partial charge in [0.25, 0.3) is 11.2 Å². The number of esters is 1. The molecule has 7 heteroatoms. The van der Waals surface area contributed by atoms with E-state index in [1.807, 2.05) is 0 Å².